The van der Waals surface area contributed by atoms with E-state index in [1.165, 1.54) is 12.1 Å². The number of carbonyl (C=O) groups is 1. The quantitative estimate of drug-likeness (QED) is 0.883. The van der Waals surface area contributed by atoms with Gasteiger partial charge in [0.25, 0.3) is 0 Å². The van der Waals surface area contributed by atoms with Crippen LogP contribution in [0.5, 0.6) is 0 Å². The van der Waals surface area contributed by atoms with Crippen LogP contribution in [0.2, 0.25) is 0 Å². The molecule has 2 N–H and O–H groups in total. The zero-order chi connectivity index (χ0) is 14.7. The highest BCUT2D eigenvalue weighted by molar-refractivity contribution is 5.88. The average molecular weight is 329 g/mol. The maximum absolute atomic E-state index is 13.6. The highest BCUT2D eigenvalue weighted by Gasteiger charge is 2.42. The van der Waals surface area contributed by atoms with E-state index in [0.29, 0.717) is 38.5 Å². The first kappa shape index (κ1) is 17.2. The van der Waals surface area contributed by atoms with Crippen LogP contribution in [-0.2, 0) is 14.9 Å². The molecule has 0 saturated carbocycles. The standard InChI is InChI=1S/C16H21FN2O2.ClH/c17-14-3-1-2-13(8-14)16(4-6-21-7-5-16)15(20)19-11-12-9-18-10-12;/h1-3,8,12,18H,4-7,9-11H2,(H,19,20);1H. The molecule has 0 unspecified atom stereocenters. The van der Waals surface area contributed by atoms with E-state index >= 15 is 0 Å². The number of hydrogen-bond donors (Lipinski definition) is 2. The lowest BCUT2D eigenvalue weighted by Crippen LogP contribution is -2.53. The van der Waals surface area contributed by atoms with Crippen LogP contribution in [0.15, 0.2) is 24.3 Å². The Kier molecular flexibility index (Phi) is 5.78. The van der Waals surface area contributed by atoms with Crippen LogP contribution in [-0.4, -0.2) is 38.8 Å². The SMILES string of the molecule is Cl.O=C(NCC1CNC1)C1(c2cccc(F)c2)CCOCC1. The van der Waals surface area contributed by atoms with Crippen molar-refractivity contribution in [2.75, 3.05) is 32.8 Å². The molecule has 2 heterocycles. The van der Waals surface area contributed by atoms with Gasteiger partial charge in [-0.1, -0.05) is 12.1 Å². The van der Waals surface area contributed by atoms with Crippen LogP contribution in [0, 0.1) is 11.7 Å². The first-order valence-corrected chi connectivity index (χ1v) is 7.53. The second-order valence-corrected chi connectivity index (χ2v) is 5.94. The Balaban J connectivity index is 0.00000176. The Labute approximate surface area is 136 Å². The summed E-state index contributed by atoms with van der Waals surface area (Å²) < 4.78 is 19.0. The number of amides is 1. The van der Waals surface area contributed by atoms with Gasteiger partial charge in [0.15, 0.2) is 0 Å². The number of hydrogen-bond acceptors (Lipinski definition) is 3. The van der Waals surface area contributed by atoms with E-state index in [4.69, 9.17) is 4.74 Å². The Morgan fingerprint density at radius 2 is 2.09 bits per heavy atom. The number of carbonyl (C=O) groups excluding carboxylic acids is 1. The third-order valence-corrected chi connectivity index (χ3v) is 4.58. The molecule has 1 aromatic carbocycles. The molecule has 2 saturated heterocycles. The lowest BCUT2D eigenvalue weighted by molar-refractivity contribution is -0.130. The minimum Gasteiger partial charge on any atom is -0.381 e. The minimum atomic E-state index is -0.655. The van der Waals surface area contributed by atoms with E-state index in [-0.39, 0.29) is 24.1 Å². The van der Waals surface area contributed by atoms with Crippen LogP contribution < -0.4 is 10.6 Å². The van der Waals surface area contributed by atoms with Crippen molar-refractivity contribution in [3.63, 3.8) is 0 Å². The summed E-state index contributed by atoms with van der Waals surface area (Å²) in [6.07, 6.45) is 1.20. The van der Waals surface area contributed by atoms with E-state index in [1.54, 1.807) is 6.07 Å². The third-order valence-electron chi connectivity index (χ3n) is 4.58. The molecule has 122 valence electrons. The predicted octanol–water partition coefficient (Wildman–Crippen LogP) is 1.63. The number of rotatable bonds is 4. The Bertz CT molecular complexity index is 517. The third kappa shape index (κ3) is 3.42. The monoisotopic (exact) mass is 328 g/mol. The van der Waals surface area contributed by atoms with E-state index < -0.39 is 5.41 Å². The summed E-state index contributed by atoms with van der Waals surface area (Å²) in [5.41, 5.74) is 0.104. The van der Waals surface area contributed by atoms with Gasteiger partial charge in [0.1, 0.15) is 5.82 Å². The highest BCUT2D eigenvalue weighted by Crippen LogP contribution is 2.35. The zero-order valence-corrected chi connectivity index (χ0v) is 13.3. The van der Waals surface area contributed by atoms with Gasteiger partial charge in [0.05, 0.1) is 5.41 Å². The van der Waals surface area contributed by atoms with Crippen molar-refractivity contribution in [1.82, 2.24) is 10.6 Å². The average Bonchev–Trinajstić information content (AvgIpc) is 2.46. The van der Waals surface area contributed by atoms with Crippen molar-refractivity contribution < 1.29 is 13.9 Å². The lowest BCUT2D eigenvalue weighted by Gasteiger charge is -2.37. The summed E-state index contributed by atoms with van der Waals surface area (Å²) in [4.78, 5) is 12.8. The van der Waals surface area contributed by atoms with Crippen molar-refractivity contribution in [3.8, 4) is 0 Å². The first-order chi connectivity index (χ1) is 10.2. The molecular formula is C16H22ClFN2O2. The van der Waals surface area contributed by atoms with Gasteiger partial charge in [0.2, 0.25) is 5.91 Å². The molecule has 0 radical (unpaired) electrons. The van der Waals surface area contributed by atoms with Crippen molar-refractivity contribution in [1.29, 1.82) is 0 Å². The molecule has 1 aromatic rings. The van der Waals surface area contributed by atoms with Crippen LogP contribution in [0.1, 0.15) is 18.4 Å². The van der Waals surface area contributed by atoms with Crippen LogP contribution in [0.25, 0.3) is 0 Å². The van der Waals surface area contributed by atoms with Gasteiger partial charge in [-0.25, -0.2) is 4.39 Å². The minimum absolute atomic E-state index is 0. The molecule has 0 aliphatic carbocycles. The molecule has 1 amide bonds. The largest absolute Gasteiger partial charge is 0.381 e. The molecular weight excluding hydrogens is 307 g/mol. The fraction of sp³-hybridized carbons (Fsp3) is 0.562. The summed E-state index contributed by atoms with van der Waals surface area (Å²) >= 11 is 0. The van der Waals surface area contributed by atoms with Crippen LogP contribution in [0.3, 0.4) is 0 Å². The van der Waals surface area contributed by atoms with Crippen molar-refractivity contribution in [3.05, 3.63) is 35.6 Å². The summed E-state index contributed by atoms with van der Waals surface area (Å²) in [6.45, 7) is 3.67. The van der Waals surface area contributed by atoms with Crippen molar-refractivity contribution in [2.45, 2.75) is 18.3 Å². The normalized spacial score (nSPS) is 20.6. The molecule has 0 spiro atoms. The number of ether oxygens (including phenoxy) is 1. The Morgan fingerprint density at radius 1 is 1.36 bits per heavy atom. The smallest absolute Gasteiger partial charge is 0.230 e. The molecule has 4 nitrogen and oxygen atoms in total. The number of benzene rings is 1. The Hall–Kier alpha value is -1.17. The highest BCUT2D eigenvalue weighted by atomic mass is 35.5. The second kappa shape index (κ2) is 7.40. The first-order valence-electron chi connectivity index (χ1n) is 7.53. The fourth-order valence-corrected chi connectivity index (χ4v) is 3.05. The van der Waals surface area contributed by atoms with Gasteiger partial charge in [-0.3, -0.25) is 4.79 Å². The molecule has 2 aliphatic heterocycles. The maximum Gasteiger partial charge on any atom is 0.230 e. The van der Waals surface area contributed by atoms with E-state index in [2.05, 4.69) is 10.6 Å². The van der Waals surface area contributed by atoms with Crippen molar-refractivity contribution >= 4 is 18.3 Å². The van der Waals surface area contributed by atoms with Gasteiger partial charge >= 0.3 is 0 Å². The van der Waals surface area contributed by atoms with Crippen LogP contribution >= 0.6 is 12.4 Å². The molecule has 0 aromatic heterocycles. The van der Waals surface area contributed by atoms with Gasteiger partial charge in [0, 0.05) is 38.8 Å². The fourth-order valence-electron chi connectivity index (χ4n) is 3.05. The summed E-state index contributed by atoms with van der Waals surface area (Å²) in [5, 5.41) is 6.25. The molecule has 0 atom stereocenters. The predicted molar refractivity (Wildman–Crippen MR) is 84.7 cm³/mol. The summed E-state index contributed by atoms with van der Waals surface area (Å²) in [5.74, 6) is 0.219. The van der Waals surface area contributed by atoms with Crippen molar-refractivity contribution in [2.24, 2.45) is 5.92 Å². The molecule has 22 heavy (non-hydrogen) atoms. The van der Waals surface area contributed by atoms with E-state index in [0.717, 1.165) is 18.7 Å². The van der Waals surface area contributed by atoms with Gasteiger partial charge in [-0.05, 0) is 30.5 Å². The summed E-state index contributed by atoms with van der Waals surface area (Å²) in [7, 11) is 0. The number of nitrogens with one attached hydrogen (secondary N) is 2. The van der Waals surface area contributed by atoms with Gasteiger partial charge in [-0.15, -0.1) is 12.4 Å². The zero-order valence-electron chi connectivity index (χ0n) is 12.4. The lowest BCUT2D eigenvalue weighted by atomic mass is 9.73. The maximum atomic E-state index is 13.6. The molecule has 6 heteroatoms. The Morgan fingerprint density at radius 3 is 2.68 bits per heavy atom. The van der Waals surface area contributed by atoms with Gasteiger partial charge < -0.3 is 15.4 Å². The molecule has 3 rings (SSSR count). The summed E-state index contributed by atoms with van der Waals surface area (Å²) in [6, 6.07) is 6.41. The molecule has 0 bridgehead atoms. The van der Waals surface area contributed by atoms with E-state index in [9.17, 15) is 9.18 Å². The topological polar surface area (TPSA) is 50.4 Å². The van der Waals surface area contributed by atoms with Crippen LogP contribution in [0.4, 0.5) is 4.39 Å². The second-order valence-electron chi connectivity index (χ2n) is 5.94. The molecule has 2 fully saturated rings. The van der Waals surface area contributed by atoms with E-state index in [1.807, 2.05) is 6.07 Å². The van der Waals surface area contributed by atoms with Gasteiger partial charge in [-0.2, -0.15) is 0 Å². The number of halogens is 2. The molecule has 2 aliphatic rings.